The van der Waals surface area contributed by atoms with Crippen LogP contribution in [0.1, 0.15) is 30.3 Å². The van der Waals surface area contributed by atoms with Crippen molar-refractivity contribution in [1.29, 1.82) is 0 Å². The number of benzene rings is 1. The van der Waals surface area contributed by atoms with Crippen LogP contribution in [0.5, 0.6) is 0 Å². The number of likely N-dealkylation sites (tertiary alicyclic amines) is 1. The second-order valence-electron chi connectivity index (χ2n) is 5.79. The summed E-state index contributed by atoms with van der Waals surface area (Å²) < 4.78 is 0. The summed E-state index contributed by atoms with van der Waals surface area (Å²) in [5.74, 6) is -0.0445. The van der Waals surface area contributed by atoms with Gasteiger partial charge in [-0.25, -0.2) is 4.98 Å². The van der Waals surface area contributed by atoms with Crippen LogP contribution in [0.4, 0.5) is 0 Å². The third-order valence-corrected chi connectivity index (χ3v) is 5.49. The first-order valence-electron chi connectivity index (χ1n) is 7.43. The van der Waals surface area contributed by atoms with E-state index in [2.05, 4.69) is 4.98 Å². The van der Waals surface area contributed by atoms with E-state index in [1.54, 1.807) is 17.5 Å². The highest BCUT2D eigenvalue weighted by molar-refractivity contribution is 7.13. The van der Waals surface area contributed by atoms with Gasteiger partial charge in [0.05, 0.1) is 5.02 Å². The summed E-state index contributed by atoms with van der Waals surface area (Å²) >= 11 is 13.5. The van der Waals surface area contributed by atoms with Gasteiger partial charge in [-0.2, -0.15) is 0 Å². The molecular weight excluding hydrogens is 353 g/mol. The zero-order chi connectivity index (χ0) is 16.6. The molecule has 23 heavy (non-hydrogen) atoms. The first kappa shape index (κ1) is 16.7. The number of thiazole rings is 1. The van der Waals surface area contributed by atoms with Crippen molar-refractivity contribution in [2.45, 2.75) is 31.8 Å². The molecule has 0 saturated carbocycles. The molecular formula is C16H17Cl2N3OS. The minimum atomic E-state index is -0.0445. The van der Waals surface area contributed by atoms with E-state index in [9.17, 15) is 4.79 Å². The van der Waals surface area contributed by atoms with Gasteiger partial charge in [-0.3, -0.25) is 4.79 Å². The van der Waals surface area contributed by atoms with Crippen molar-refractivity contribution in [2.75, 3.05) is 6.54 Å². The Morgan fingerprint density at radius 2 is 2.22 bits per heavy atom. The molecule has 122 valence electrons. The average Bonchev–Trinajstić information content (AvgIpc) is 2.96. The SMILES string of the molecule is CC1CC(N)CCN1C(=O)c1csc(-c2ccc(Cl)cc2Cl)n1. The molecule has 1 aliphatic heterocycles. The van der Waals surface area contributed by atoms with Gasteiger partial charge in [0.25, 0.3) is 5.91 Å². The van der Waals surface area contributed by atoms with E-state index in [4.69, 9.17) is 28.9 Å². The van der Waals surface area contributed by atoms with E-state index in [0.717, 1.165) is 23.4 Å². The van der Waals surface area contributed by atoms with E-state index in [1.165, 1.54) is 11.3 Å². The monoisotopic (exact) mass is 369 g/mol. The summed E-state index contributed by atoms with van der Waals surface area (Å²) in [6.45, 7) is 2.70. The number of carbonyl (C=O) groups is 1. The summed E-state index contributed by atoms with van der Waals surface area (Å²) in [5, 5.41) is 3.61. The molecule has 7 heteroatoms. The topological polar surface area (TPSA) is 59.2 Å². The largest absolute Gasteiger partial charge is 0.334 e. The van der Waals surface area contributed by atoms with Crippen LogP contribution in [0.2, 0.25) is 10.0 Å². The van der Waals surface area contributed by atoms with E-state index < -0.39 is 0 Å². The van der Waals surface area contributed by atoms with Gasteiger partial charge in [0.2, 0.25) is 0 Å². The molecule has 1 fully saturated rings. The first-order valence-corrected chi connectivity index (χ1v) is 9.06. The predicted molar refractivity (Wildman–Crippen MR) is 95.3 cm³/mol. The third-order valence-electron chi connectivity index (χ3n) is 4.06. The minimum absolute atomic E-state index is 0.0445. The van der Waals surface area contributed by atoms with Gasteiger partial charge in [0.1, 0.15) is 10.7 Å². The number of nitrogens with two attached hydrogens (primary N) is 1. The molecule has 2 N–H and O–H groups in total. The molecule has 1 aromatic heterocycles. The summed E-state index contributed by atoms with van der Waals surface area (Å²) in [4.78, 5) is 19.0. The lowest BCUT2D eigenvalue weighted by Gasteiger charge is -2.35. The van der Waals surface area contributed by atoms with Crippen LogP contribution in [0, 0.1) is 0 Å². The zero-order valence-electron chi connectivity index (χ0n) is 12.6. The molecule has 0 spiro atoms. The standard InChI is InChI=1S/C16H17Cl2N3OS/c1-9-6-11(19)4-5-21(9)16(22)14-8-23-15(20-14)12-3-2-10(17)7-13(12)18/h2-3,7-9,11H,4-6,19H2,1H3. The van der Waals surface area contributed by atoms with Gasteiger partial charge in [-0.05, 0) is 38.0 Å². The molecule has 2 heterocycles. The number of aromatic nitrogens is 1. The number of hydrogen-bond acceptors (Lipinski definition) is 4. The van der Waals surface area contributed by atoms with E-state index in [1.807, 2.05) is 17.9 Å². The van der Waals surface area contributed by atoms with Crippen molar-refractivity contribution in [1.82, 2.24) is 9.88 Å². The Morgan fingerprint density at radius 1 is 1.43 bits per heavy atom. The number of rotatable bonds is 2. The number of halogens is 2. The number of carbonyl (C=O) groups excluding carboxylic acids is 1. The predicted octanol–water partition coefficient (Wildman–Crippen LogP) is 4.07. The van der Waals surface area contributed by atoms with Crippen molar-refractivity contribution in [2.24, 2.45) is 5.73 Å². The Hall–Kier alpha value is -1.14. The van der Waals surface area contributed by atoms with Gasteiger partial charge in [-0.1, -0.05) is 23.2 Å². The van der Waals surface area contributed by atoms with Gasteiger partial charge in [0.15, 0.2) is 0 Å². The van der Waals surface area contributed by atoms with Gasteiger partial charge >= 0.3 is 0 Å². The lowest BCUT2D eigenvalue weighted by molar-refractivity contribution is 0.0614. The molecule has 2 unspecified atom stereocenters. The molecule has 1 aromatic carbocycles. The van der Waals surface area contributed by atoms with Gasteiger partial charge < -0.3 is 10.6 Å². The molecule has 4 nitrogen and oxygen atoms in total. The van der Waals surface area contributed by atoms with E-state index in [0.29, 0.717) is 22.3 Å². The highest BCUT2D eigenvalue weighted by Gasteiger charge is 2.29. The van der Waals surface area contributed by atoms with Crippen LogP contribution in [-0.4, -0.2) is 34.4 Å². The second-order valence-corrected chi connectivity index (χ2v) is 7.50. The van der Waals surface area contributed by atoms with Crippen molar-refractivity contribution < 1.29 is 4.79 Å². The Morgan fingerprint density at radius 3 is 2.91 bits per heavy atom. The maximum absolute atomic E-state index is 12.7. The number of nitrogens with zero attached hydrogens (tertiary/aromatic N) is 2. The molecule has 0 bridgehead atoms. The maximum Gasteiger partial charge on any atom is 0.273 e. The van der Waals surface area contributed by atoms with Crippen LogP contribution in [0.25, 0.3) is 10.6 Å². The van der Waals surface area contributed by atoms with Crippen molar-refractivity contribution in [3.05, 3.63) is 39.3 Å². The highest BCUT2D eigenvalue weighted by Crippen LogP contribution is 2.33. The number of amides is 1. The number of piperidine rings is 1. The summed E-state index contributed by atoms with van der Waals surface area (Å²) in [6.07, 6.45) is 1.65. The molecule has 0 radical (unpaired) electrons. The van der Waals surface area contributed by atoms with Crippen molar-refractivity contribution in [3.8, 4) is 10.6 Å². The summed E-state index contributed by atoms with van der Waals surface area (Å²) in [7, 11) is 0. The van der Waals surface area contributed by atoms with E-state index >= 15 is 0 Å². The number of hydrogen-bond donors (Lipinski definition) is 1. The average molecular weight is 370 g/mol. The molecule has 1 saturated heterocycles. The fourth-order valence-electron chi connectivity index (χ4n) is 2.82. The Kier molecular flexibility index (Phi) is 4.92. The zero-order valence-corrected chi connectivity index (χ0v) is 15.0. The van der Waals surface area contributed by atoms with Crippen LogP contribution < -0.4 is 5.73 Å². The fourth-order valence-corrected chi connectivity index (χ4v) is 4.20. The van der Waals surface area contributed by atoms with Crippen LogP contribution in [0.3, 0.4) is 0 Å². The summed E-state index contributed by atoms with van der Waals surface area (Å²) in [6, 6.07) is 5.57. The smallest absolute Gasteiger partial charge is 0.273 e. The van der Waals surface area contributed by atoms with Crippen LogP contribution in [-0.2, 0) is 0 Å². The van der Waals surface area contributed by atoms with Crippen molar-refractivity contribution >= 4 is 40.4 Å². The minimum Gasteiger partial charge on any atom is -0.334 e. The molecule has 0 aliphatic carbocycles. The third kappa shape index (κ3) is 3.53. The molecule has 2 aromatic rings. The lowest BCUT2D eigenvalue weighted by Crippen LogP contribution is -2.48. The Balaban J connectivity index is 1.82. The normalized spacial score (nSPS) is 21.5. The van der Waals surface area contributed by atoms with Crippen LogP contribution >= 0.6 is 34.5 Å². The van der Waals surface area contributed by atoms with E-state index in [-0.39, 0.29) is 18.0 Å². The molecule has 2 atom stereocenters. The van der Waals surface area contributed by atoms with Gasteiger partial charge in [-0.15, -0.1) is 11.3 Å². The lowest BCUT2D eigenvalue weighted by atomic mass is 9.99. The van der Waals surface area contributed by atoms with Gasteiger partial charge in [0, 0.05) is 34.6 Å². The molecule has 1 amide bonds. The summed E-state index contributed by atoms with van der Waals surface area (Å²) in [5.41, 5.74) is 7.20. The van der Waals surface area contributed by atoms with Crippen LogP contribution in [0.15, 0.2) is 23.6 Å². The molecule has 1 aliphatic rings. The quantitative estimate of drug-likeness (QED) is 0.867. The fraction of sp³-hybridized carbons (Fsp3) is 0.375. The Labute approximate surface area is 149 Å². The Bertz CT molecular complexity index is 734. The molecule has 3 rings (SSSR count). The maximum atomic E-state index is 12.7. The van der Waals surface area contributed by atoms with Crippen molar-refractivity contribution in [3.63, 3.8) is 0 Å². The first-order chi connectivity index (χ1) is 11.0. The second kappa shape index (κ2) is 6.77. The highest BCUT2D eigenvalue weighted by atomic mass is 35.5.